The van der Waals surface area contributed by atoms with Crippen molar-refractivity contribution in [2.24, 2.45) is 5.73 Å². The summed E-state index contributed by atoms with van der Waals surface area (Å²) in [6.07, 6.45) is 3.43. The first-order chi connectivity index (χ1) is 5.90. The Morgan fingerprint density at radius 2 is 2.42 bits per heavy atom. The molecule has 0 saturated heterocycles. The molecule has 2 heterocycles. The molecule has 0 atom stereocenters. The number of furan rings is 1. The number of nitrogens with zero attached hydrogens (tertiary/aromatic N) is 1. The van der Waals surface area contributed by atoms with Gasteiger partial charge in [0.25, 0.3) is 0 Å². The molecule has 3 N–H and O–H groups in total. The lowest BCUT2D eigenvalue weighted by Gasteiger charge is -1.89. The Morgan fingerprint density at radius 1 is 1.50 bits per heavy atom. The summed E-state index contributed by atoms with van der Waals surface area (Å²) in [5, 5.41) is 0. The predicted octanol–water partition coefficient (Wildman–Crippen LogP) is 1.13. The summed E-state index contributed by atoms with van der Waals surface area (Å²) in [6.45, 7) is 0.417. The number of nitrogens with one attached hydrogen (secondary N) is 1. The molecule has 0 spiro atoms. The average molecular weight is 163 g/mol. The van der Waals surface area contributed by atoms with E-state index in [1.807, 2.05) is 12.1 Å². The third-order valence-corrected chi connectivity index (χ3v) is 1.59. The molecule has 4 nitrogen and oxygen atoms in total. The van der Waals surface area contributed by atoms with E-state index in [0.717, 1.165) is 17.3 Å². The molecule has 0 aliphatic carbocycles. The molecule has 2 rings (SSSR count). The Labute approximate surface area is 69.4 Å². The average Bonchev–Trinajstić information content (AvgIpc) is 2.75. The van der Waals surface area contributed by atoms with E-state index in [2.05, 4.69) is 9.97 Å². The fourth-order valence-electron chi connectivity index (χ4n) is 1.01. The van der Waals surface area contributed by atoms with Crippen LogP contribution in [0.4, 0.5) is 0 Å². The minimum Gasteiger partial charge on any atom is -0.456 e. The summed E-state index contributed by atoms with van der Waals surface area (Å²) in [5.74, 6) is 2.22. The molecule has 0 aliphatic rings. The lowest BCUT2D eigenvalue weighted by atomic mass is 10.4. The van der Waals surface area contributed by atoms with Gasteiger partial charge in [-0.1, -0.05) is 0 Å². The molecular formula is C8H9N3O. The van der Waals surface area contributed by atoms with Crippen molar-refractivity contribution in [2.45, 2.75) is 6.54 Å². The predicted molar refractivity (Wildman–Crippen MR) is 44.2 cm³/mol. The molecule has 12 heavy (non-hydrogen) atoms. The smallest absolute Gasteiger partial charge is 0.173 e. The fraction of sp³-hybridized carbons (Fsp3) is 0.125. The van der Waals surface area contributed by atoms with E-state index >= 15 is 0 Å². The zero-order valence-electron chi connectivity index (χ0n) is 6.45. The minimum absolute atomic E-state index is 0.417. The van der Waals surface area contributed by atoms with Gasteiger partial charge < -0.3 is 15.1 Å². The first kappa shape index (κ1) is 7.12. The van der Waals surface area contributed by atoms with Crippen LogP contribution in [0.15, 0.2) is 28.9 Å². The van der Waals surface area contributed by atoms with E-state index in [0.29, 0.717) is 6.54 Å². The highest BCUT2D eigenvalue weighted by Crippen LogP contribution is 2.17. The first-order valence-electron chi connectivity index (χ1n) is 3.68. The summed E-state index contributed by atoms with van der Waals surface area (Å²) in [7, 11) is 0. The Kier molecular flexibility index (Phi) is 1.68. The number of hydrogen-bond acceptors (Lipinski definition) is 3. The maximum absolute atomic E-state index is 5.39. The lowest BCUT2D eigenvalue weighted by molar-refractivity contribution is 0.522. The van der Waals surface area contributed by atoms with E-state index < -0.39 is 0 Å². The third-order valence-electron chi connectivity index (χ3n) is 1.59. The van der Waals surface area contributed by atoms with E-state index in [-0.39, 0.29) is 0 Å². The second-order valence-electron chi connectivity index (χ2n) is 2.41. The van der Waals surface area contributed by atoms with Gasteiger partial charge in [-0.2, -0.15) is 0 Å². The normalized spacial score (nSPS) is 10.4. The van der Waals surface area contributed by atoms with Gasteiger partial charge in [-0.05, 0) is 12.1 Å². The number of aromatic nitrogens is 2. The minimum atomic E-state index is 0.417. The molecule has 0 fully saturated rings. The van der Waals surface area contributed by atoms with Crippen molar-refractivity contribution >= 4 is 0 Å². The van der Waals surface area contributed by atoms with Gasteiger partial charge in [0.1, 0.15) is 5.76 Å². The Morgan fingerprint density at radius 3 is 3.00 bits per heavy atom. The molecule has 0 bridgehead atoms. The molecule has 0 unspecified atom stereocenters. The van der Waals surface area contributed by atoms with Crippen LogP contribution in [0.1, 0.15) is 5.76 Å². The summed E-state index contributed by atoms with van der Waals surface area (Å²) in [4.78, 5) is 6.99. The van der Waals surface area contributed by atoms with Crippen LogP contribution in [0, 0.1) is 0 Å². The van der Waals surface area contributed by atoms with Crippen LogP contribution in [0.5, 0.6) is 0 Å². The second kappa shape index (κ2) is 2.83. The third kappa shape index (κ3) is 1.12. The van der Waals surface area contributed by atoms with Crippen LogP contribution in [0.2, 0.25) is 0 Å². The Hall–Kier alpha value is -1.55. The standard InChI is InChI=1S/C8H9N3O/c9-5-6-1-2-7(12-6)8-10-3-4-11-8/h1-4H,5,9H2,(H,10,11). The highest BCUT2D eigenvalue weighted by atomic mass is 16.3. The maximum atomic E-state index is 5.39. The zero-order valence-corrected chi connectivity index (χ0v) is 6.45. The molecule has 62 valence electrons. The molecule has 0 amide bonds. The van der Waals surface area contributed by atoms with Crippen LogP contribution in [-0.2, 0) is 6.54 Å². The lowest BCUT2D eigenvalue weighted by Crippen LogP contribution is -1.92. The summed E-state index contributed by atoms with van der Waals surface area (Å²) in [5.41, 5.74) is 5.39. The second-order valence-corrected chi connectivity index (χ2v) is 2.41. The molecule has 0 saturated carbocycles. The highest BCUT2D eigenvalue weighted by Gasteiger charge is 2.04. The molecule has 2 aromatic heterocycles. The number of aromatic amines is 1. The summed E-state index contributed by atoms with van der Waals surface area (Å²) in [6, 6.07) is 3.69. The number of imidazole rings is 1. The molecule has 0 aliphatic heterocycles. The molecule has 0 aromatic carbocycles. The maximum Gasteiger partial charge on any atom is 0.173 e. The van der Waals surface area contributed by atoms with E-state index in [9.17, 15) is 0 Å². The number of nitrogens with two attached hydrogens (primary N) is 1. The summed E-state index contributed by atoms with van der Waals surface area (Å²) < 4.78 is 5.36. The molecule has 2 aromatic rings. The van der Waals surface area contributed by atoms with Crippen LogP contribution in [0.3, 0.4) is 0 Å². The van der Waals surface area contributed by atoms with Gasteiger partial charge in [-0.15, -0.1) is 0 Å². The van der Waals surface area contributed by atoms with Gasteiger partial charge in [0.05, 0.1) is 6.54 Å². The SMILES string of the molecule is NCc1ccc(-c2ncc[nH]2)o1. The highest BCUT2D eigenvalue weighted by molar-refractivity contribution is 5.46. The number of hydrogen-bond donors (Lipinski definition) is 2. The number of rotatable bonds is 2. The van der Waals surface area contributed by atoms with Crippen molar-refractivity contribution in [3.05, 3.63) is 30.3 Å². The van der Waals surface area contributed by atoms with Gasteiger partial charge in [-0.25, -0.2) is 4.98 Å². The fourth-order valence-corrected chi connectivity index (χ4v) is 1.01. The van der Waals surface area contributed by atoms with Crippen molar-refractivity contribution in [3.8, 4) is 11.6 Å². The van der Waals surface area contributed by atoms with Gasteiger partial charge in [-0.3, -0.25) is 0 Å². The van der Waals surface area contributed by atoms with Crippen LogP contribution in [0.25, 0.3) is 11.6 Å². The van der Waals surface area contributed by atoms with Crippen molar-refractivity contribution in [1.29, 1.82) is 0 Å². The topological polar surface area (TPSA) is 67.8 Å². The molecule has 0 radical (unpaired) electrons. The molecular weight excluding hydrogens is 154 g/mol. The van der Waals surface area contributed by atoms with Crippen LogP contribution in [-0.4, -0.2) is 9.97 Å². The quantitative estimate of drug-likeness (QED) is 0.697. The van der Waals surface area contributed by atoms with E-state index in [1.54, 1.807) is 12.4 Å². The number of H-pyrrole nitrogens is 1. The van der Waals surface area contributed by atoms with Crippen molar-refractivity contribution < 1.29 is 4.42 Å². The van der Waals surface area contributed by atoms with Crippen LogP contribution >= 0.6 is 0 Å². The summed E-state index contributed by atoms with van der Waals surface area (Å²) >= 11 is 0. The van der Waals surface area contributed by atoms with Crippen molar-refractivity contribution in [3.63, 3.8) is 0 Å². The van der Waals surface area contributed by atoms with Gasteiger partial charge in [0.2, 0.25) is 0 Å². The van der Waals surface area contributed by atoms with E-state index in [4.69, 9.17) is 10.2 Å². The molecule has 4 heteroatoms. The Bertz CT molecular complexity index is 350. The van der Waals surface area contributed by atoms with E-state index in [1.165, 1.54) is 0 Å². The van der Waals surface area contributed by atoms with Gasteiger partial charge in [0, 0.05) is 12.4 Å². The Balaban J connectivity index is 2.35. The zero-order chi connectivity index (χ0) is 8.39. The van der Waals surface area contributed by atoms with Gasteiger partial charge >= 0.3 is 0 Å². The largest absolute Gasteiger partial charge is 0.456 e. The monoisotopic (exact) mass is 163 g/mol. The van der Waals surface area contributed by atoms with Crippen molar-refractivity contribution in [2.75, 3.05) is 0 Å². The van der Waals surface area contributed by atoms with Crippen LogP contribution < -0.4 is 5.73 Å². The first-order valence-corrected chi connectivity index (χ1v) is 3.68. The van der Waals surface area contributed by atoms with Crippen molar-refractivity contribution in [1.82, 2.24) is 9.97 Å². The van der Waals surface area contributed by atoms with Gasteiger partial charge in [0.15, 0.2) is 11.6 Å².